The van der Waals surface area contributed by atoms with Gasteiger partial charge in [-0.05, 0) is 64.0 Å². The minimum Gasteiger partial charge on any atom is -0.381 e. The van der Waals surface area contributed by atoms with Crippen molar-refractivity contribution in [2.75, 3.05) is 17.5 Å². The molecule has 4 N–H and O–H groups in total. The van der Waals surface area contributed by atoms with Crippen molar-refractivity contribution in [2.24, 2.45) is 0 Å². The minimum absolute atomic E-state index is 0.125. The van der Waals surface area contributed by atoms with Crippen LogP contribution < -0.4 is 16.4 Å². The first kappa shape index (κ1) is 20.6. The van der Waals surface area contributed by atoms with Crippen LogP contribution in [0, 0.1) is 39.2 Å². The molecule has 0 fully saturated rings. The number of nitrogens with one attached hydrogen (secondary N) is 2. The Bertz CT molecular complexity index is 1330. The summed E-state index contributed by atoms with van der Waals surface area (Å²) in [5.41, 5.74) is 3.23. The average Bonchev–Trinajstić information content (AvgIpc) is 2.77. The molecule has 1 aromatic heterocycles. The number of halogens is 5. The molecule has 1 heterocycles. The van der Waals surface area contributed by atoms with Gasteiger partial charge in [-0.15, -0.1) is 6.42 Å². The third-order valence-corrected chi connectivity index (χ3v) is 5.01. The van der Waals surface area contributed by atoms with E-state index in [1.165, 1.54) is 24.4 Å². The molecule has 10 heteroatoms. The number of rotatable bonds is 6. The highest BCUT2D eigenvalue weighted by molar-refractivity contribution is 14.1. The van der Waals surface area contributed by atoms with Crippen LogP contribution in [0.25, 0.3) is 0 Å². The van der Waals surface area contributed by atoms with E-state index in [2.05, 4.69) is 10.3 Å². The van der Waals surface area contributed by atoms with Crippen LogP contribution in [-0.2, 0) is 6.42 Å². The van der Waals surface area contributed by atoms with Gasteiger partial charge in [-0.1, -0.05) is 5.92 Å². The summed E-state index contributed by atoms with van der Waals surface area (Å²) in [6.45, 7) is -2.63. The van der Waals surface area contributed by atoms with Gasteiger partial charge in [0.1, 0.15) is 5.82 Å². The van der Waals surface area contributed by atoms with E-state index in [4.69, 9.17) is 14.9 Å². The monoisotopic (exact) mass is 556 g/mol. The maximum atomic E-state index is 15.2. The lowest BCUT2D eigenvalue weighted by Crippen LogP contribution is -2.25. The second-order valence-electron chi connectivity index (χ2n) is 6.40. The highest BCUT2D eigenvalue weighted by atomic mass is 127. The van der Waals surface area contributed by atoms with Crippen LogP contribution in [0.4, 0.5) is 34.8 Å². The first-order valence-electron chi connectivity index (χ1n) is 9.85. The average molecular weight is 556 g/mol. The third-order valence-electron chi connectivity index (χ3n) is 4.34. The topological polar surface area (TPSA) is 80.0 Å². The number of benzene rings is 2. The molecule has 0 unspecified atom stereocenters. The largest absolute Gasteiger partial charge is 0.381 e. The molecule has 0 atom stereocenters. The van der Waals surface area contributed by atoms with E-state index in [1.54, 1.807) is 5.92 Å². The van der Waals surface area contributed by atoms with Gasteiger partial charge < -0.3 is 16.4 Å². The highest BCUT2D eigenvalue weighted by Gasteiger charge is 2.24. The van der Waals surface area contributed by atoms with Crippen molar-refractivity contribution in [2.45, 2.75) is 6.42 Å². The molecule has 3 rings (SSSR count). The number of nitrogens with two attached hydrogens (primary N) is 1. The SMILES string of the molecule is [2H]C([2H])(C#C)NC(=O)c1cc(Cc2ccnc(N)c2F)c(F)c(F)c1Nc1ccc(I)cc1F. The van der Waals surface area contributed by atoms with Crippen LogP contribution in [-0.4, -0.2) is 17.4 Å². The Kier molecular flexibility index (Phi) is 6.34. The molecule has 0 bridgehead atoms. The summed E-state index contributed by atoms with van der Waals surface area (Å²) in [5, 5.41) is 4.20. The van der Waals surface area contributed by atoms with Gasteiger partial charge >= 0.3 is 0 Å². The van der Waals surface area contributed by atoms with Crippen LogP contribution >= 0.6 is 22.6 Å². The summed E-state index contributed by atoms with van der Waals surface area (Å²) in [6.07, 6.45) is 5.71. The third kappa shape index (κ3) is 4.94. The molecule has 32 heavy (non-hydrogen) atoms. The summed E-state index contributed by atoms with van der Waals surface area (Å²) >= 11 is 1.85. The number of nitrogen functional groups attached to an aromatic ring is 1. The fraction of sp³-hybridized carbons (Fsp3) is 0.0909. The molecular formula is C22H15F4IN4O. The predicted octanol–water partition coefficient (Wildman–Crippen LogP) is 4.52. The van der Waals surface area contributed by atoms with Crippen molar-refractivity contribution in [1.82, 2.24) is 10.3 Å². The number of terminal acetylenes is 1. The van der Waals surface area contributed by atoms with E-state index in [0.717, 1.165) is 12.1 Å². The van der Waals surface area contributed by atoms with Gasteiger partial charge in [-0.3, -0.25) is 4.79 Å². The second-order valence-corrected chi connectivity index (χ2v) is 7.65. The van der Waals surface area contributed by atoms with E-state index >= 15 is 4.39 Å². The van der Waals surface area contributed by atoms with Gasteiger partial charge in [0.15, 0.2) is 23.3 Å². The number of nitrogens with zero attached hydrogens (tertiary/aromatic N) is 1. The van der Waals surface area contributed by atoms with E-state index in [1.807, 2.05) is 27.9 Å². The summed E-state index contributed by atoms with van der Waals surface area (Å²) in [4.78, 5) is 16.3. The highest BCUT2D eigenvalue weighted by Crippen LogP contribution is 2.32. The van der Waals surface area contributed by atoms with Gasteiger partial charge in [-0.25, -0.2) is 22.5 Å². The van der Waals surface area contributed by atoms with E-state index < -0.39 is 64.7 Å². The zero-order valence-corrected chi connectivity index (χ0v) is 18.2. The van der Waals surface area contributed by atoms with Crippen molar-refractivity contribution in [3.63, 3.8) is 0 Å². The van der Waals surface area contributed by atoms with Gasteiger partial charge in [-0.2, -0.15) is 0 Å². The standard InChI is InChI=1S/C22H15F4IN4O/c1-2-6-30-22(32)14-9-12(8-11-5-7-29-21(28)18(11)25)17(24)19(26)20(14)31-16-4-3-13(27)10-15(16)23/h1,3-5,7,9-10,31H,6,8H2,(H2,28,29)(H,30,32)/i6D2. The molecular weight excluding hydrogens is 539 g/mol. The van der Waals surface area contributed by atoms with Gasteiger partial charge in [0.05, 0.1) is 26.2 Å². The lowest BCUT2D eigenvalue weighted by atomic mass is 9.99. The molecule has 0 spiro atoms. The molecule has 0 saturated carbocycles. The Labute approximate surface area is 197 Å². The molecule has 2 aromatic carbocycles. The molecule has 0 aliphatic rings. The van der Waals surface area contributed by atoms with Crippen molar-refractivity contribution < 1.29 is 25.1 Å². The zero-order chi connectivity index (χ0) is 25.2. The number of pyridine rings is 1. The van der Waals surface area contributed by atoms with Crippen LogP contribution in [0.2, 0.25) is 0 Å². The lowest BCUT2D eigenvalue weighted by molar-refractivity contribution is 0.0959. The first-order chi connectivity index (χ1) is 15.9. The predicted molar refractivity (Wildman–Crippen MR) is 121 cm³/mol. The molecule has 3 aromatic rings. The summed E-state index contributed by atoms with van der Waals surface area (Å²) < 4.78 is 74.4. The Morgan fingerprint density at radius 2 is 1.91 bits per heavy atom. The maximum absolute atomic E-state index is 15.2. The Balaban J connectivity index is 2.15. The van der Waals surface area contributed by atoms with Gasteiger partial charge in [0.25, 0.3) is 5.91 Å². The number of anilines is 3. The van der Waals surface area contributed by atoms with Crippen molar-refractivity contribution in [3.05, 3.63) is 80.1 Å². The number of amides is 1. The van der Waals surface area contributed by atoms with E-state index in [9.17, 15) is 18.0 Å². The Morgan fingerprint density at radius 1 is 1.16 bits per heavy atom. The second kappa shape index (κ2) is 9.86. The molecule has 0 radical (unpaired) electrons. The van der Waals surface area contributed by atoms with Crippen LogP contribution in [0.5, 0.6) is 0 Å². The molecule has 0 aliphatic heterocycles. The van der Waals surface area contributed by atoms with Gasteiger partial charge in [0.2, 0.25) is 0 Å². The van der Waals surface area contributed by atoms with E-state index in [-0.39, 0.29) is 11.3 Å². The first-order valence-corrected chi connectivity index (χ1v) is 9.93. The molecule has 0 aliphatic carbocycles. The Hall–Kier alpha value is -3.33. The van der Waals surface area contributed by atoms with Crippen LogP contribution in [0.3, 0.4) is 0 Å². The maximum Gasteiger partial charge on any atom is 0.254 e. The number of carbonyl (C=O) groups is 1. The quantitative estimate of drug-likeness (QED) is 0.237. The van der Waals surface area contributed by atoms with E-state index in [0.29, 0.717) is 3.57 Å². The number of hydrogen-bond donors (Lipinski definition) is 3. The Morgan fingerprint density at radius 3 is 2.59 bits per heavy atom. The van der Waals surface area contributed by atoms with Crippen molar-refractivity contribution >= 4 is 45.7 Å². The van der Waals surface area contributed by atoms with Crippen LogP contribution in [0.15, 0.2) is 36.5 Å². The van der Waals surface area contributed by atoms with Gasteiger partial charge in [0, 0.05) is 16.2 Å². The smallest absolute Gasteiger partial charge is 0.254 e. The minimum atomic E-state index is -2.63. The van der Waals surface area contributed by atoms with Crippen LogP contribution in [0.1, 0.15) is 24.2 Å². The van der Waals surface area contributed by atoms with Crippen molar-refractivity contribution in [3.8, 4) is 12.3 Å². The van der Waals surface area contributed by atoms with Crippen molar-refractivity contribution in [1.29, 1.82) is 0 Å². The fourth-order valence-electron chi connectivity index (χ4n) is 2.84. The number of aromatic nitrogens is 1. The molecule has 0 saturated heterocycles. The number of carbonyl (C=O) groups excluding carboxylic acids is 1. The molecule has 1 amide bonds. The normalized spacial score (nSPS) is 11.9. The fourth-order valence-corrected chi connectivity index (χ4v) is 3.29. The molecule has 164 valence electrons. The summed E-state index contributed by atoms with van der Waals surface area (Å²) in [6, 6.07) is 5.96. The summed E-state index contributed by atoms with van der Waals surface area (Å²) in [7, 11) is 0. The zero-order valence-electron chi connectivity index (χ0n) is 18.1. The molecule has 5 nitrogen and oxygen atoms in total. The number of hydrogen-bond acceptors (Lipinski definition) is 4. The summed E-state index contributed by atoms with van der Waals surface area (Å²) in [5.74, 6) is -4.72. The lowest BCUT2D eigenvalue weighted by Gasteiger charge is -2.17.